The summed E-state index contributed by atoms with van der Waals surface area (Å²) in [6.07, 6.45) is 1.22. The van der Waals surface area contributed by atoms with Gasteiger partial charge in [-0.1, -0.05) is 31.2 Å². The van der Waals surface area contributed by atoms with Crippen LogP contribution in [0.1, 0.15) is 30.5 Å². The minimum absolute atomic E-state index is 0.235. The third-order valence-electron chi connectivity index (χ3n) is 3.19. The molecule has 2 rings (SSSR count). The van der Waals surface area contributed by atoms with E-state index in [-0.39, 0.29) is 11.8 Å². The van der Waals surface area contributed by atoms with Crippen molar-refractivity contribution in [2.75, 3.05) is 5.75 Å². The number of rotatable bonds is 3. The molecule has 0 radical (unpaired) electrons. The maximum atomic E-state index is 12.0. The lowest BCUT2D eigenvalue weighted by molar-refractivity contribution is 0.564. The van der Waals surface area contributed by atoms with Gasteiger partial charge in [0.15, 0.2) is 9.84 Å². The van der Waals surface area contributed by atoms with Crippen LogP contribution >= 0.6 is 0 Å². The minimum Gasteiger partial charge on any atom is -0.323 e. The predicted octanol–water partition coefficient (Wildman–Crippen LogP) is 1.44. The second-order valence-electron chi connectivity index (χ2n) is 4.33. The highest BCUT2D eigenvalue weighted by Crippen LogP contribution is 2.33. The van der Waals surface area contributed by atoms with E-state index in [1.54, 1.807) is 0 Å². The van der Waals surface area contributed by atoms with E-state index in [2.05, 4.69) is 0 Å². The highest BCUT2D eigenvalue weighted by molar-refractivity contribution is 7.92. The van der Waals surface area contributed by atoms with Gasteiger partial charge in [-0.05, 0) is 24.0 Å². The first-order valence-electron chi connectivity index (χ1n) is 5.61. The van der Waals surface area contributed by atoms with Crippen LogP contribution in [-0.4, -0.2) is 19.4 Å². The van der Waals surface area contributed by atoms with E-state index in [0.29, 0.717) is 12.8 Å². The van der Waals surface area contributed by atoms with E-state index in [1.165, 1.54) is 0 Å². The van der Waals surface area contributed by atoms with Crippen molar-refractivity contribution < 1.29 is 8.42 Å². The molecule has 0 aliphatic heterocycles. The molecule has 0 heterocycles. The summed E-state index contributed by atoms with van der Waals surface area (Å²) in [7, 11) is -3.05. The van der Waals surface area contributed by atoms with Crippen LogP contribution in [0.5, 0.6) is 0 Å². The normalized spacial score (nSPS) is 24.4. The van der Waals surface area contributed by atoms with Gasteiger partial charge in [-0.3, -0.25) is 0 Å². The zero-order chi connectivity index (χ0) is 11.8. The van der Waals surface area contributed by atoms with Crippen molar-refractivity contribution in [1.82, 2.24) is 0 Å². The Balaban J connectivity index is 2.32. The summed E-state index contributed by atoms with van der Waals surface area (Å²) >= 11 is 0. The van der Waals surface area contributed by atoms with E-state index in [9.17, 15) is 8.42 Å². The molecule has 2 N–H and O–H groups in total. The van der Waals surface area contributed by atoms with E-state index in [4.69, 9.17) is 5.73 Å². The largest absolute Gasteiger partial charge is 0.323 e. The van der Waals surface area contributed by atoms with Crippen molar-refractivity contribution in [2.45, 2.75) is 31.1 Å². The van der Waals surface area contributed by atoms with Crippen molar-refractivity contribution in [1.29, 1.82) is 0 Å². The molecular weight excluding hydrogens is 222 g/mol. The first-order chi connectivity index (χ1) is 7.56. The maximum absolute atomic E-state index is 12.0. The Morgan fingerprint density at radius 1 is 1.38 bits per heavy atom. The summed E-state index contributed by atoms with van der Waals surface area (Å²) in [5.74, 6) is 0.235. The number of fused-ring (bicyclic) bond motifs is 1. The van der Waals surface area contributed by atoms with Crippen molar-refractivity contribution in [3.8, 4) is 0 Å². The number of hydrogen-bond donors (Lipinski definition) is 1. The van der Waals surface area contributed by atoms with Crippen molar-refractivity contribution in [2.24, 2.45) is 5.73 Å². The molecule has 16 heavy (non-hydrogen) atoms. The molecule has 88 valence electrons. The third-order valence-corrected chi connectivity index (χ3v) is 5.55. The van der Waals surface area contributed by atoms with Gasteiger partial charge in [0.25, 0.3) is 0 Å². The van der Waals surface area contributed by atoms with Crippen LogP contribution in [0.3, 0.4) is 0 Å². The first-order valence-corrected chi connectivity index (χ1v) is 7.32. The van der Waals surface area contributed by atoms with Gasteiger partial charge in [0.1, 0.15) is 0 Å². The molecule has 1 aliphatic carbocycles. The second-order valence-corrected chi connectivity index (χ2v) is 6.67. The Kier molecular flexibility index (Phi) is 3.04. The Morgan fingerprint density at radius 3 is 2.69 bits per heavy atom. The Morgan fingerprint density at radius 2 is 2.06 bits per heavy atom. The van der Waals surface area contributed by atoms with Crippen molar-refractivity contribution in [3.05, 3.63) is 35.4 Å². The smallest absolute Gasteiger partial charge is 0.155 e. The molecule has 0 bridgehead atoms. The van der Waals surface area contributed by atoms with Gasteiger partial charge in [-0.2, -0.15) is 0 Å². The number of nitrogens with two attached hydrogens (primary N) is 1. The van der Waals surface area contributed by atoms with Gasteiger partial charge in [-0.15, -0.1) is 0 Å². The van der Waals surface area contributed by atoms with Crippen LogP contribution in [0.15, 0.2) is 24.3 Å². The zero-order valence-corrected chi connectivity index (χ0v) is 10.2. The lowest BCUT2D eigenvalue weighted by Crippen LogP contribution is -2.32. The molecule has 2 atom stereocenters. The minimum atomic E-state index is -3.05. The van der Waals surface area contributed by atoms with E-state index in [1.807, 2.05) is 31.2 Å². The van der Waals surface area contributed by atoms with Gasteiger partial charge in [-0.25, -0.2) is 8.42 Å². The van der Waals surface area contributed by atoms with E-state index < -0.39 is 15.1 Å². The van der Waals surface area contributed by atoms with Crippen molar-refractivity contribution in [3.63, 3.8) is 0 Å². The van der Waals surface area contributed by atoms with Crippen LogP contribution in [0, 0.1) is 0 Å². The molecule has 1 aromatic rings. The van der Waals surface area contributed by atoms with Crippen LogP contribution in [0.25, 0.3) is 0 Å². The predicted molar refractivity (Wildman–Crippen MR) is 64.9 cm³/mol. The Hall–Kier alpha value is -0.870. The summed E-state index contributed by atoms with van der Waals surface area (Å²) in [6.45, 7) is 1.88. The lowest BCUT2D eigenvalue weighted by atomic mass is 10.1. The Labute approximate surface area is 96.6 Å². The van der Waals surface area contributed by atoms with Crippen LogP contribution in [-0.2, 0) is 16.3 Å². The van der Waals surface area contributed by atoms with Gasteiger partial charge in [0.05, 0.1) is 11.0 Å². The molecule has 0 saturated heterocycles. The first kappa shape index (κ1) is 11.6. The summed E-state index contributed by atoms with van der Waals surface area (Å²) in [4.78, 5) is 0. The number of sulfone groups is 1. The number of benzene rings is 1. The van der Waals surface area contributed by atoms with Crippen LogP contribution in [0.2, 0.25) is 0 Å². The molecule has 0 saturated carbocycles. The van der Waals surface area contributed by atoms with Gasteiger partial charge >= 0.3 is 0 Å². The topological polar surface area (TPSA) is 60.2 Å². The summed E-state index contributed by atoms with van der Waals surface area (Å²) in [5, 5.41) is -0.426. The second kappa shape index (κ2) is 4.18. The van der Waals surface area contributed by atoms with E-state index >= 15 is 0 Å². The van der Waals surface area contributed by atoms with Gasteiger partial charge < -0.3 is 5.73 Å². The fraction of sp³-hybridized carbons (Fsp3) is 0.500. The zero-order valence-electron chi connectivity index (χ0n) is 9.39. The molecule has 0 fully saturated rings. The van der Waals surface area contributed by atoms with E-state index in [0.717, 1.165) is 11.1 Å². The van der Waals surface area contributed by atoms with Crippen LogP contribution in [0.4, 0.5) is 0 Å². The third kappa shape index (κ3) is 1.87. The lowest BCUT2D eigenvalue weighted by Gasteiger charge is -2.16. The monoisotopic (exact) mass is 239 g/mol. The van der Waals surface area contributed by atoms with Gasteiger partial charge in [0.2, 0.25) is 0 Å². The molecule has 0 aromatic heterocycles. The molecule has 1 aliphatic rings. The summed E-state index contributed by atoms with van der Waals surface area (Å²) in [5.41, 5.74) is 8.10. The highest BCUT2D eigenvalue weighted by Gasteiger charge is 2.37. The summed E-state index contributed by atoms with van der Waals surface area (Å²) < 4.78 is 24.1. The SMILES string of the molecule is CCCS(=O)(=O)C1Cc2ccccc2C1N. The molecule has 4 heteroatoms. The van der Waals surface area contributed by atoms with Crippen molar-refractivity contribution >= 4 is 9.84 Å². The maximum Gasteiger partial charge on any atom is 0.155 e. The average molecular weight is 239 g/mol. The highest BCUT2D eigenvalue weighted by atomic mass is 32.2. The standard InChI is InChI=1S/C12H17NO2S/c1-2-7-16(14,15)11-8-9-5-3-4-6-10(9)12(11)13/h3-6,11-12H,2,7-8,13H2,1H3. The molecular formula is C12H17NO2S. The fourth-order valence-corrected chi connectivity index (χ4v) is 4.27. The molecule has 2 unspecified atom stereocenters. The quantitative estimate of drug-likeness (QED) is 0.868. The average Bonchev–Trinajstić information content (AvgIpc) is 2.58. The Bertz CT molecular complexity index is 482. The van der Waals surface area contributed by atoms with Crippen LogP contribution < -0.4 is 5.73 Å². The number of hydrogen-bond acceptors (Lipinski definition) is 3. The fourth-order valence-electron chi connectivity index (χ4n) is 2.38. The molecule has 3 nitrogen and oxygen atoms in total. The molecule has 0 spiro atoms. The van der Waals surface area contributed by atoms with Gasteiger partial charge in [0, 0.05) is 6.04 Å². The molecule has 1 aromatic carbocycles. The molecule has 0 amide bonds. The summed E-state index contributed by atoms with van der Waals surface area (Å²) in [6, 6.07) is 7.39.